The van der Waals surface area contributed by atoms with Gasteiger partial charge in [0.1, 0.15) is 17.2 Å². The number of anilines is 2. The van der Waals surface area contributed by atoms with Gasteiger partial charge in [0.2, 0.25) is 0 Å². The van der Waals surface area contributed by atoms with Crippen molar-refractivity contribution in [3.8, 4) is 11.5 Å². The first-order valence-electron chi connectivity index (χ1n) is 9.80. The van der Waals surface area contributed by atoms with Gasteiger partial charge in [0.25, 0.3) is 15.7 Å². The molecule has 0 fully saturated rings. The number of hydrogen-bond donors (Lipinski definition) is 2. The van der Waals surface area contributed by atoms with E-state index in [-0.39, 0.29) is 16.3 Å². The standard InChI is InChI=1S/C22H22N4O6S/c1-3-32-17-10-8-16(9-11-17)15-23-24-19-13-12-18(14-21(19)26(27)28)33(29,30)25-20-6-4-5-7-22(20)31-2/h4-15,24-25H,3H2,1-2H3/b23-15-. The second-order valence-corrected chi connectivity index (χ2v) is 8.30. The molecule has 3 aromatic carbocycles. The van der Waals surface area contributed by atoms with E-state index in [0.29, 0.717) is 12.4 Å². The van der Waals surface area contributed by atoms with Crippen LogP contribution in [-0.2, 0) is 10.0 Å². The molecule has 11 heteroatoms. The zero-order valence-corrected chi connectivity index (χ0v) is 18.7. The second-order valence-electron chi connectivity index (χ2n) is 6.61. The highest BCUT2D eigenvalue weighted by Gasteiger charge is 2.22. The number of para-hydroxylation sites is 2. The monoisotopic (exact) mass is 470 g/mol. The Bertz CT molecular complexity index is 1260. The van der Waals surface area contributed by atoms with Gasteiger partial charge in [-0.05, 0) is 61.0 Å². The maximum absolute atomic E-state index is 12.8. The summed E-state index contributed by atoms with van der Waals surface area (Å²) in [6.07, 6.45) is 1.48. The van der Waals surface area contributed by atoms with Crippen molar-refractivity contribution in [3.05, 3.63) is 82.4 Å². The normalized spacial score (nSPS) is 11.2. The predicted molar refractivity (Wildman–Crippen MR) is 126 cm³/mol. The van der Waals surface area contributed by atoms with E-state index in [1.165, 1.54) is 31.5 Å². The smallest absolute Gasteiger partial charge is 0.295 e. The first kappa shape index (κ1) is 23.5. The minimum atomic E-state index is -4.10. The fourth-order valence-corrected chi connectivity index (χ4v) is 3.94. The molecule has 0 aromatic heterocycles. The minimum absolute atomic E-state index is 0.0402. The third-order valence-electron chi connectivity index (χ3n) is 4.42. The van der Waals surface area contributed by atoms with E-state index in [9.17, 15) is 18.5 Å². The van der Waals surface area contributed by atoms with Crippen LogP contribution in [0, 0.1) is 10.1 Å². The summed E-state index contributed by atoms with van der Waals surface area (Å²) in [6, 6.07) is 17.1. The summed E-state index contributed by atoms with van der Waals surface area (Å²) in [4.78, 5) is 10.6. The molecule has 10 nitrogen and oxygen atoms in total. The zero-order chi connectivity index (χ0) is 23.8. The number of rotatable bonds is 10. The highest BCUT2D eigenvalue weighted by molar-refractivity contribution is 7.92. The molecule has 0 aliphatic rings. The number of sulfonamides is 1. The molecule has 3 rings (SSSR count). The third kappa shape index (κ3) is 5.98. The van der Waals surface area contributed by atoms with Crippen molar-refractivity contribution in [2.24, 2.45) is 5.10 Å². The van der Waals surface area contributed by atoms with Crippen LogP contribution in [0.4, 0.5) is 17.1 Å². The van der Waals surface area contributed by atoms with Gasteiger partial charge in [0.15, 0.2) is 0 Å². The lowest BCUT2D eigenvalue weighted by molar-refractivity contribution is -0.384. The van der Waals surface area contributed by atoms with Crippen molar-refractivity contribution in [1.82, 2.24) is 0 Å². The molecule has 0 unspecified atom stereocenters. The van der Waals surface area contributed by atoms with Crippen LogP contribution in [0.25, 0.3) is 0 Å². The third-order valence-corrected chi connectivity index (χ3v) is 5.78. The lowest BCUT2D eigenvalue weighted by atomic mass is 10.2. The molecule has 0 saturated carbocycles. The molecule has 0 saturated heterocycles. The molecule has 0 aliphatic heterocycles. The number of nitro benzene ring substituents is 1. The molecule has 0 bridgehead atoms. The van der Waals surface area contributed by atoms with Gasteiger partial charge < -0.3 is 9.47 Å². The Kier molecular flexibility index (Phi) is 7.46. The predicted octanol–water partition coefficient (Wildman–Crippen LogP) is 4.25. The SMILES string of the molecule is CCOc1ccc(/C=N\Nc2ccc(S(=O)(=O)Nc3ccccc3OC)cc2[N+](=O)[O-])cc1. The van der Waals surface area contributed by atoms with Gasteiger partial charge in [0.05, 0.1) is 35.4 Å². The van der Waals surface area contributed by atoms with Crippen LogP contribution in [0.5, 0.6) is 11.5 Å². The van der Waals surface area contributed by atoms with Crippen LogP contribution in [0.3, 0.4) is 0 Å². The fraction of sp³-hybridized carbons (Fsp3) is 0.136. The van der Waals surface area contributed by atoms with Crippen molar-refractivity contribution < 1.29 is 22.8 Å². The van der Waals surface area contributed by atoms with Crippen LogP contribution in [-0.4, -0.2) is 33.3 Å². The first-order valence-corrected chi connectivity index (χ1v) is 11.3. The second kappa shape index (κ2) is 10.5. The Balaban J connectivity index is 1.80. The van der Waals surface area contributed by atoms with Gasteiger partial charge in [-0.2, -0.15) is 5.10 Å². The number of nitrogens with zero attached hydrogens (tertiary/aromatic N) is 2. The number of hydrogen-bond acceptors (Lipinski definition) is 8. The van der Waals surface area contributed by atoms with Gasteiger partial charge in [0, 0.05) is 6.07 Å². The quantitative estimate of drug-likeness (QED) is 0.257. The number of nitro groups is 1. The average Bonchev–Trinajstić information content (AvgIpc) is 2.80. The number of benzene rings is 3. The molecule has 0 aliphatic carbocycles. The Morgan fingerprint density at radius 2 is 1.79 bits per heavy atom. The highest BCUT2D eigenvalue weighted by atomic mass is 32.2. The van der Waals surface area contributed by atoms with Gasteiger partial charge in [-0.15, -0.1) is 0 Å². The van der Waals surface area contributed by atoms with Crippen LogP contribution in [0.15, 0.2) is 76.7 Å². The number of methoxy groups -OCH3 is 1. The molecule has 0 amide bonds. The van der Waals surface area contributed by atoms with E-state index >= 15 is 0 Å². The van der Waals surface area contributed by atoms with Crippen molar-refractivity contribution in [3.63, 3.8) is 0 Å². The molecule has 0 radical (unpaired) electrons. The summed E-state index contributed by atoms with van der Waals surface area (Å²) in [5.41, 5.74) is 3.15. The van der Waals surface area contributed by atoms with E-state index < -0.39 is 20.6 Å². The van der Waals surface area contributed by atoms with E-state index in [0.717, 1.165) is 17.4 Å². The van der Waals surface area contributed by atoms with E-state index in [4.69, 9.17) is 9.47 Å². The fourth-order valence-electron chi connectivity index (χ4n) is 2.85. The van der Waals surface area contributed by atoms with Crippen molar-refractivity contribution in [2.75, 3.05) is 23.9 Å². The summed E-state index contributed by atoms with van der Waals surface area (Å²) < 4.78 is 38.5. The molecular weight excluding hydrogens is 448 g/mol. The maximum Gasteiger partial charge on any atom is 0.295 e. The molecule has 0 heterocycles. The Morgan fingerprint density at radius 3 is 2.45 bits per heavy atom. The Hall–Kier alpha value is -4.12. The lowest BCUT2D eigenvalue weighted by Gasteiger charge is -2.12. The molecule has 0 spiro atoms. The zero-order valence-electron chi connectivity index (χ0n) is 17.9. The van der Waals surface area contributed by atoms with Crippen LogP contribution in [0.1, 0.15) is 12.5 Å². The molecule has 2 N–H and O–H groups in total. The molecular formula is C22H22N4O6S. The van der Waals surface area contributed by atoms with Gasteiger partial charge in [-0.3, -0.25) is 20.3 Å². The van der Waals surface area contributed by atoms with Gasteiger partial charge in [-0.1, -0.05) is 12.1 Å². The van der Waals surface area contributed by atoms with E-state index in [1.54, 1.807) is 42.5 Å². The van der Waals surface area contributed by atoms with Crippen LogP contribution < -0.4 is 19.6 Å². The Labute approximate surface area is 191 Å². The van der Waals surface area contributed by atoms with Crippen molar-refractivity contribution in [1.29, 1.82) is 0 Å². The van der Waals surface area contributed by atoms with E-state index in [1.807, 2.05) is 6.92 Å². The van der Waals surface area contributed by atoms with Gasteiger partial charge >= 0.3 is 0 Å². The summed E-state index contributed by atoms with van der Waals surface area (Å²) in [6.45, 7) is 2.44. The summed E-state index contributed by atoms with van der Waals surface area (Å²) in [7, 11) is -2.69. The van der Waals surface area contributed by atoms with Crippen molar-refractivity contribution >= 4 is 33.3 Å². The lowest BCUT2D eigenvalue weighted by Crippen LogP contribution is -2.14. The Morgan fingerprint density at radius 1 is 1.06 bits per heavy atom. The molecule has 3 aromatic rings. The summed E-state index contributed by atoms with van der Waals surface area (Å²) >= 11 is 0. The number of hydrazone groups is 1. The minimum Gasteiger partial charge on any atom is -0.495 e. The number of nitrogens with one attached hydrogen (secondary N) is 2. The summed E-state index contributed by atoms with van der Waals surface area (Å²) in [5, 5.41) is 15.6. The highest BCUT2D eigenvalue weighted by Crippen LogP contribution is 2.30. The topological polar surface area (TPSA) is 132 Å². The first-order chi connectivity index (χ1) is 15.8. The molecule has 172 valence electrons. The summed E-state index contributed by atoms with van der Waals surface area (Å²) in [5.74, 6) is 1.04. The molecule has 33 heavy (non-hydrogen) atoms. The van der Waals surface area contributed by atoms with Crippen LogP contribution in [0.2, 0.25) is 0 Å². The molecule has 0 atom stereocenters. The maximum atomic E-state index is 12.8. The van der Waals surface area contributed by atoms with Crippen molar-refractivity contribution in [2.45, 2.75) is 11.8 Å². The van der Waals surface area contributed by atoms with Gasteiger partial charge in [-0.25, -0.2) is 8.42 Å². The average molecular weight is 471 g/mol. The largest absolute Gasteiger partial charge is 0.495 e. The number of ether oxygens (including phenoxy) is 2. The van der Waals surface area contributed by atoms with Crippen LogP contribution >= 0.6 is 0 Å². The van der Waals surface area contributed by atoms with E-state index in [2.05, 4.69) is 15.2 Å².